The van der Waals surface area contributed by atoms with Crippen LogP contribution in [0.4, 0.5) is 0 Å². The molecular weight excluding hydrogens is 260 g/mol. The van der Waals surface area contributed by atoms with E-state index >= 15 is 0 Å². The molecule has 0 amide bonds. The molecule has 0 bridgehead atoms. The molecule has 0 saturated heterocycles. The molecule has 0 aliphatic rings. The standard InChI is InChI=1S/C14H16N2O4/c1-3-6-11(13(18)20-2)16-12(17)9-7-4-5-8-10(9)15-14(16)19/h4-5,7-8,11H,3,6H2,1-2H3,(H,15,19). The molecule has 0 spiro atoms. The van der Waals surface area contributed by atoms with Crippen molar-refractivity contribution >= 4 is 16.9 Å². The maximum absolute atomic E-state index is 12.4. The highest BCUT2D eigenvalue weighted by Crippen LogP contribution is 2.13. The van der Waals surface area contributed by atoms with Crippen molar-refractivity contribution < 1.29 is 9.53 Å². The van der Waals surface area contributed by atoms with Gasteiger partial charge in [-0.05, 0) is 18.6 Å². The number of rotatable bonds is 4. The number of para-hydroxylation sites is 1. The second-order valence-corrected chi connectivity index (χ2v) is 4.48. The van der Waals surface area contributed by atoms with Crippen molar-refractivity contribution in [3.8, 4) is 0 Å². The zero-order valence-corrected chi connectivity index (χ0v) is 11.4. The third kappa shape index (κ3) is 2.36. The Morgan fingerprint density at radius 3 is 2.70 bits per heavy atom. The van der Waals surface area contributed by atoms with Gasteiger partial charge in [0, 0.05) is 0 Å². The number of H-pyrrole nitrogens is 1. The summed E-state index contributed by atoms with van der Waals surface area (Å²) in [6.45, 7) is 1.87. The Kier molecular flexibility index (Phi) is 4.02. The molecule has 1 N–H and O–H groups in total. The largest absolute Gasteiger partial charge is 0.467 e. The molecule has 2 rings (SSSR count). The molecule has 1 aromatic carbocycles. The lowest BCUT2D eigenvalue weighted by molar-refractivity contribution is -0.145. The van der Waals surface area contributed by atoms with Crippen molar-refractivity contribution in [3.63, 3.8) is 0 Å². The van der Waals surface area contributed by atoms with Crippen LogP contribution in [0.15, 0.2) is 33.9 Å². The van der Waals surface area contributed by atoms with Gasteiger partial charge in [0.2, 0.25) is 0 Å². The molecule has 0 fully saturated rings. The van der Waals surface area contributed by atoms with E-state index in [1.165, 1.54) is 7.11 Å². The van der Waals surface area contributed by atoms with Gasteiger partial charge in [0.25, 0.3) is 5.56 Å². The molecule has 6 nitrogen and oxygen atoms in total. The fourth-order valence-electron chi connectivity index (χ4n) is 2.22. The highest BCUT2D eigenvalue weighted by Gasteiger charge is 2.24. The number of fused-ring (bicyclic) bond motifs is 1. The van der Waals surface area contributed by atoms with Gasteiger partial charge in [-0.1, -0.05) is 25.5 Å². The molecule has 1 heterocycles. The van der Waals surface area contributed by atoms with Crippen LogP contribution in [0, 0.1) is 0 Å². The van der Waals surface area contributed by atoms with E-state index in [2.05, 4.69) is 9.72 Å². The molecule has 0 radical (unpaired) electrons. The second kappa shape index (κ2) is 5.73. The third-order valence-corrected chi connectivity index (χ3v) is 3.18. The summed E-state index contributed by atoms with van der Waals surface area (Å²) in [5.41, 5.74) is -0.621. The zero-order chi connectivity index (χ0) is 14.7. The predicted octanol–water partition coefficient (Wildman–Crippen LogP) is 1.20. The maximum atomic E-state index is 12.4. The number of carbonyl (C=O) groups excluding carboxylic acids is 1. The number of methoxy groups -OCH3 is 1. The molecule has 2 aromatic rings. The van der Waals surface area contributed by atoms with E-state index in [1.807, 2.05) is 6.92 Å². The number of nitrogens with one attached hydrogen (secondary N) is 1. The molecule has 0 saturated carbocycles. The van der Waals surface area contributed by atoms with E-state index < -0.39 is 23.3 Å². The normalized spacial score (nSPS) is 12.3. The lowest BCUT2D eigenvalue weighted by atomic mass is 10.1. The van der Waals surface area contributed by atoms with Gasteiger partial charge in [-0.3, -0.25) is 4.79 Å². The van der Waals surface area contributed by atoms with Gasteiger partial charge in [-0.15, -0.1) is 0 Å². The van der Waals surface area contributed by atoms with E-state index in [-0.39, 0.29) is 0 Å². The van der Waals surface area contributed by atoms with Crippen LogP contribution in [0.1, 0.15) is 25.8 Å². The van der Waals surface area contributed by atoms with Gasteiger partial charge in [-0.25, -0.2) is 14.2 Å². The Bertz CT molecular complexity index is 745. The van der Waals surface area contributed by atoms with E-state index in [1.54, 1.807) is 24.3 Å². The number of aromatic amines is 1. The minimum absolute atomic E-state index is 0.369. The molecule has 6 heteroatoms. The van der Waals surface area contributed by atoms with E-state index in [0.717, 1.165) is 4.57 Å². The van der Waals surface area contributed by atoms with Crippen molar-refractivity contribution in [3.05, 3.63) is 45.1 Å². The molecule has 0 aliphatic carbocycles. The Labute approximate surface area is 115 Å². The molecule has 1 unspecified atom stereocenters. The van der Waals surface area contributed by atoms with Crippen molar-refractivity contribution in [1.82, 2.24) is 9.55 Å². The summed E-state index contributed by atoms with van der Waals surface area (Å²) < 4.78 is 5.63. The molecule has 0 aliphatic heterocycles. The average molecular weight is 276 g/mol. The topological polar surface area (TPSA) is 81.2 Å². The smallest absolute Gasteiger partial charge is 0.329 e. The SMILES string of the molecule is CCCC(C(=O)OC)n1c(=O)[nH]c2ccccc2c1=O. The number of ether oxygens (including phenoxy) is 1. The summed E-state index contributed by atoms with van der Waals surface area (Å²) in [5, 5.41) is 0.372. The average Bonchev–Trinajstić information content (AvgIpc) is 2.45. The Morgan fingerprint density at radius 1 is 1.35 bits per heavy atom. The fraction of sp³-hybridized carbons (Fsp3) is 0.357. The summed E-state index contributed by atoms with van der Waals surface area (Å²) in [7, 11) is 1.24. The second-order valence-electron chi connectivity index (χ2n) is 4.48. The van der Waals surface area contributed by atoms with Gasteiger partial charge < -0.3 is 9.72 Å². The number of esters is 1. The first-order chi connectivity index (χ1) is 9.60. The van der Waals surface area contributed by atoms with Crippen LogP contribution in [0.25, 0.3) is 10.9 Å². The first-order valence-electron chi connectivity index (χ1n) is 6.41. The van der Waals surface area contributed by atoms with Crippen LogP contribution in [-0.4, -0.2) is 22.6 Å². The lowest BCUT2D eigenvalue weighted by Gasteiger charge is -2.16. The molecule has 20 heavy (non-hydrogen) atoms. The number of carbonyl (C=O) groups is 1. The predicted molar refractivity (Wildman–Crippen MR) is 74.8 cm³/mol. The first kappa shape index (κ1) is 14.0. The summed E-state index contributed by atoms with van der Waals surface area (Å²) in [6.07, 6.45) is 1.02. The van der Waals surface area contributed by atoms with Crippen molar-refractivity contribution in [2.75, 3.05) is 7.11 Å². The van der Waals surface area contributed by atoms with E-state index in [4.69, 9.17) is 0 Å². The molecule has 1 aromatic heterocycles. The van der Waals surface area contributed by atoms with Gasteiger partial charge in [0.05, 0.1) is 18.0 Å². The van der Waals surface area contributed by atoms with Crippen LogP contribution in [0.3, 0.4) is 0 Å². The zero-order valence-electron chi connectivity index (χ0n) is 11.4. The fourth-order valence-corrected chi connectivity index (χ4v) is 2.22. The van der Waals surface area contributed by atoms with Crippen molar-refractivity contribution in [2.24, 2.45) is 0 Å². The molecular formula is C14H16N2O4. The molecule has 106 valence electrons. The minimum atomic E-state index is -0.897. The molecule has 1 atom stereocenters. The van der Waals surface area contributed by atoms with Crippen LogP contribution < -0.4 is 11.2 Å². The summed E-state index contributed by atoms with van der Waals surface area (Å²) in [4.78, 5) is 38.9. The maximum Gasteiger partial charge on any atom is 0.329 e. The third-order valence-electron chi connectivity index (χ3n) is 3.18. The van der Waals surface area contributed by atoms with Crippen molar-refractivity contribution in [2.45, 2.75) is 25.8 Å². The van der Waals surface area contributed by atoms with Gasteiger partial charge >= 0.3 is 11.7 Å². The van der Waals surface area contributed by atoms with Gasteiger partial charge in [0.1, 0.15) is 6.04 Å². The van der Waals surface area contributed by atoms with Crippen LogP contribution in [-0.2, 0) is 9.53 Å². The Morgan fingerprint density at radius 2 is 2.05 bits per heavy atom. The number of benzene rings is 1. The van der Waals surface area contributed by atoms with Crippen LogP contribution in [0.5, 0.6) is 0 Å². The van der Waals surface area contributed by atoms with Crippen LogP contribution in [0.2, 0.25) is 0 Å². The summed E-state index contributed by atoms with van der Waals surface area (Å²) >= 11 is 0. The highest BCUT2D eigenvalue weighted by atomic mass is 16.5. The summed E-state index contributed by atoms with van der Waals surface area (Å²) in [6, 6.07) is 5.80. The monoisotopic (exact) mass is 276 g/mol. The van der Waals surface area contributed by atoms with Crippen molar-refractivity contribution in [1.29, 1.82) is 0 Å². The first-order valence-corrected chi connectivity index (χ1v) is 6.41. The highest BCUT2D eigenvalue weighted by molar-refractivity contribution is 5.78. The minimum Gasteiger partial charge on any atom is -0.467 e. The quantitative estimate of drug-likeness (QED) is 0.851. The summed E-state index contributed by atoms with van der Waals surface area (Å²) in [5.74, 6) is -0.588. The lowest BCUT2D eigenvalue weighted by Crippen LogP contribution is -2.41. The Hall–Kier alpha value is -2.37. The Balaban J connectivity index is 2.72. The van der Waals surface area contributed by atoms with E-state index in [0.29, 0.717) is 23.7 Å². The number of hydrogen-bond acceptors (Lipinski definition) is 4. The van der Waals surface area contributed by atoms with E-state index in [9.17, 15) is 14.4 Å². The van der Waals surface area contributed by atoms with Gasteiger partial charge in [-0.2, -0.15) is 0 Å². The number of hydrogen-bond donors (Lipinski definition) is 1. The van der Waals surface area contributed by atoms with Crippen LogP contribution >= 0.6 is 0 Å². The number of nitrogens with zero attached hydrogens (tertiary/aromatic N) is 1. The number of aromatic nitrogens is 2. The van der Waals surface area contributed by atoms with Gasteiger partial charge in [0.15, 0.2) is 0 Å².